The second kappa shape index (κ2) is 8.01. The summed E-state index contributed by atoms with van der Waals surface area (Å²) in [5.74, 6) is -2.36. The van der Waals surface area contributed by atoms with Crippen molar-refractivity contribution in [3.05, 3.63) is 65.0 Å². The van der Waals surface area contributed by atoms with Crippen LogP contribution in [0.1, 0.15) is 42.9 Å². The number of unbranched alkanes of at least 4 members (excludes halogenated alkanes) is 2. The van der Waals surface area contributed by atoms with Gasteiger partial charge in [-0.3, -0.25) is 0 Å². The first-order valence-corrected chi connectivity index (χ1v) is 8.16. The van der Waals surface area contributed by atoms with Crippen molar-refractivity contribution >= 4 is 0 Å². The molecule has 0 heterocycles. The zero-order valence-corrected chi connectivity index (χ0v) is 14.0. The third-order valence-electron chi connectivity index (χ3n) is 3.85. The summed E-state index contributed by atoms with van der Waals surface area (Å²) < 4.78 is 83.8. The van der Waals surface area contributed by atoms with Crippen LogP contribution in [-0.4, -0.2) is 0 Å². The lowest BCUT2D eigenvalue weighted by atomic mass is 10.1. The standard InChI is InChI=1S/C19H18F6O/c1-2-3-4-5-13-6-8-14(9-7-13)19(24,25)26-15-10-11-16(17(20)12-15)18(21,22)23/h6-12H,2-5H2,1H3. The summed E-state index contributed by atoms with van der Waals surface area (Å²) in [6.45, 7) is 2.06. The molecule has 0 aromatic heterocycles. The summed E-state index contributed by atoms with van der Waals surface area (Å²) in [5, 5.41) is 0. The molecule has 26 heavy (non-hydrogen) atoms. The molecule has 0 aliphatic heterocycles. The van der Waals surface area contributed by atoms with Gasteiger partial charge in [-0.2, -0.15) is 22.0 Å². The van der Waals surface area contributed by atoms with Crippen LogP contribution in [0.4, 0.5) is 26.3 Å². The molecule has 0 radical (unpaired) electrons. The maximum Gasteiger partial charge on any atom is 0.426 e. The van der Waals surface area contributed by atoms with Crippen molar-refractivity contribution in [3.63, 3.8) is 0 Å². The number of aryl methyl sites for hydroxylation is 1. The van der Waals surface area contributed by atoms with Gasteiger partial charge in [0.05, 0.1) is 11.1 Å². The number of benzene rings is 2. The maximum absolute atomic E-state index is 14.2. The van der Waals surface area contributed by atoms with E-state index in [1.54, 1.807) is 12.1 Å². The molecule has 0 fully saturated rings. The van der Waals surface area contributed by atoms with Gasteiger partial charge >= 0.3 is 12.3 Å². The Kier molecular flexibility index (Phi) is 6.21. The molecule has 0 aliphatic carbocycles. The zero-order chi connectivity index (χ0) is 19.4. The van der Waals surface area contributed by atoms with E-state index in [1.807, 2.05) is 0 Å². The fraction of sp³-hybridized carbons (Fsp3) is 0.368. The van der Waals surface area contributed by atoms with Gasteiger partial charge in [0.1, 0.15) is 11.6 Å². The molecule has 0 aliphatic rings. The van der Waals surface area contributed by atoms with Crippen LogP contribution in [0.25, 0.3) is 0 Å². The van der Waals surface area contributed by atoms with Gasteiger partial charge in [0, 0.05) is 6.07 Å². The Labute approximate surface area is 147 Å². The van der Waals surface area contributed by atoms with Crippen LogP contribution in [0.15, 0.2) is 42.5 Å². The number of hydrogen-bond donors (Lipinski definition) is 0. The van der Waals surface area contributed by atoms with Gasteiger partial charge in [0.15, 0.2) is 0 Å². The highest BCUT2D eigenvalue weighted by Gasteiger charge is 2.37. The van der Waals surface area contributed by atoms with Gasteiger partial charge in [-0.25, -0.2) is 4.39 Å². The van der Waals surface area contributed by atoms with E-state index in [9.17, 15) is 26.3 Å². The van der Waals surface area contributed by atoms with Gasteiger partial charge in [0.2, 0.25) is 0 Å². The van der Waals surface area contributed by atoms with E-state index in [-0.39, 0.29) is 0 Å². The number of rotatable bonds is 7. The molecule has 0 atom stereocenters. The SMILES string of the molecule is CCCCCc1ccc(C(F)(F)Oc2ccc(C(F)(F)F)c(F)c2)cc1. The average Bonchev–Trinajstić information content (AvgIpc) is 2.54. The Balaban J connectivity index is 2.11. The minimum atomic E-state index is -4.90. The summed E-state index contributed by atoms with van der Waals surface area (Å²) in [5.41, 5.74) is -1.10. The smallest absolute Gasteiger partial charge is 0.426 e. The Morgan fingerprint density at radius 2 is 1.54 bits per heavy atom. The number of ether oxygens (including phenoxy) is 1. The Morgan fingerprint density at radius 1 is 0.885 bits per heavy atom. The third kappa shape index (κ3) is 5.16. The highest BCUT2D eigenvalue weighted by atomic mass is 19.4. The Morgan fingerprint density at radius 3 is 2.08 bits per heavy atom. The third-order valence-corrected chi connectivity index (χ3v) is 3.85. The van der Waals surface area contributed by atoms with Crippen molar-refractivity contribution in [2.75, 3.05) is 0 Å². The fourth-order valence-corrected chi connectivity index (χ4v) is 2.44. The van der Waals surface area contributed by atoms with Crippen LogP contribution in [0.5, 0.6) is 5.75 Å². The predicted molar refractivity (Wildman–Crippen MR) is 85.6 cm³/mol. The predicted octanol–water partition coefficient (Wildman–Crippen LogP) is 6.71. The van der Waals surface area contributed by atoms with E-state index in [2.05, 4.69) is 11.7 Å². The number of hydrogen-bond acceptors (Lipinski definition) is 1. The molecule has 142 valence electrons. The first-order chi connectivity index (χ1) is 12.1. The first-order valence-electron chi connectivity index (χ1n) is 8.16. The molecule has 0 spiro atoms. The van der Waals surface area contributed by atoms with Crippen LogP contribution in [0.3, 0.4) is 0 Å². The van der Waals surface area contributed by atoms with E-state index < -0.39 is 35.0 Å². The minimum absolute atomic E-state index is 0.301. The lowest BCUT2D eigenvalue weighted by Crippen LogP contribution is -2.22. The van der Waals surface area contributed by atoms with Gasteiger partial charge in [0.25, 0.3) is 0 Å². The lowest BCUT2D eigenvalue weighted by Gasteiger charge is -2.19. The second-order valence-electron chi connectivity index (χ2n) is 5.91. The van der Waals surface area contributed by atoms with Gasteiger partial charge in [-0.15, -0.1) is 0 Å². The topological polar surface area (TPSA) is 9.23 Å². The van der Waals surface area contributed by atoms with E-state index in [0.29, 0.717) is 18.2 Å². The molecular formula is C19H18F6O. The Hall–Kier alpha value is -2.18. The molecule has 2 rings (SSSR count). The summed E-state index contributed by atoms with van der Waals surface area (Å²) in [6.07, 6.45) is -4.89. The monoisotopic (exact) mass is 376 g/mol. The van der Waals surface area contributed by atoms with Crippen molar-refractivity contribution < 1.29 is 31.1 Å². The van der Waals surface area contributed by atoms with Crippen LogP contribution in [0, 0.1) is 5.82 Å². The van der Waals surface area contributed by atoms with Crippen molar-refractivity contribution in [1.29, 1.82) is 0 Å². The number of halogens is 6. The van der Waals surface area contributed by atoms with E-state index in [4.69, 9.17) is 0 Å². The molecule has 2 aromatic rings. The highest BCUT2D eigenvalue weighted by molar-refractivity contribution is 5.32. The minimum Gasteiger partial charge on any atom is -0.429 e. The van der Waals surface area contributed by atoms with Crippen molar-refractivity contribution in [2.24, 2.45) is 0 Å². The zero-order valence-electron chi connectivity index (χ0n) is 14.0. The van der Waals surface area contributed by atoms with Gasteiger partial charge in [-0.1, -0.05) is 31.9 Å². The Bertz CT molecular complexity index is 722. The quantitative estimate of drug-likeness (QED) is 0.386. The largest absolute Gasteiger partial charge is 0.429 e. The molecule has 0 saturated carbocycles. The molecule has 0 unspecified atom stereocenters. The van der Waals surface area contributed by atoms with Crippen molar-refractivity contribution in [1.82, 2.24) is 0 Å². The summed E-state index contributed by atoms with van der Waals surface area (Å²) in [4.78, 5) is 0. The molecule has 1 nitrogen and oxygen atoms in total. The van der Waals surface area contributed by atoms with Gasteiger partial charge in [-0.05, 0) is 42.7 Å². The molecule has 0 N–H and O–H groups in total. The normalized spacial score (nSPS) is 12.3. The summed E-state index contributed by atoms with van der Waals surface area (Å²) in [6, 6.07) is 6.83. The summed E-state index contributed by atoms with van der Waals surface area (Å²) >= 11 is 0. The van der Waals surface area contributed by atoms with Crippen LogP contribution >= 0.6 is 0 Å². The van der Waals surface area contributed by atoms with E-state index in [1.165, 1.54) is 12.1 Å². The molecule has 2 aromatic carbocycles. The first kappa shape index (κ1) is 20.1. The molecule has 0 saturated heterocycles. The summed E-state index contributed by atoms with van der Waals surface area (Å²) in [7, 11) is 0. The van der Waals surface area contributed by atoms with Crippen LogP contribution in [-0.2, 0) is 18.7 Å². The van der Waals surface area contributed by atoms with E-state index in [0.717, 1.165) is 31.2 Å². The highest BCUT2D eigenvalue weighted by Crippen LogP contribution is 2.36. The average molecular weight is 376 g/mol. The van der Waals surface area contributed by atoms with Crippen molar-refractivity contribution in [2.45, 2.75) is 44.9 Å². The molecular weight excluding hydrogens is 358 g/mol. The second-order valence-corrected chi connectivity index (χ2v) is 5.91. The van der Waals surface area contributed by atoms with Crippen LogP contribution < -0.4 is 4.74 Å². The van der Waals surface area contributed by atoms with Crippen LogP contribution in [0.2, 0.25) is 0 Å². The number of alkyl halides is 5. The molecule has 0 amide bonds. The van der Waals surface area contributed by atoms with Gasteiger partial charge < -0.3 is 4.74 Å². The molecule has 7 heteroatoms. The molecule has 0 bridgehead atoms. The maximum atomic E-state index is 14.2. The van der Waals surface area contributed by atoms with E-state index >= 15 is 0 Å². The lowest BCUT2D eigenvalue weighted by molar-refractivity contribution is -0.185. The fourth-order valence-electron chi connectivity index (χ4n) is 2.44. The van der Waals surface area contributed by atoms with Crippen molar-refractivity contribution in [3.8, 4) is 5.75 Å².